The largest absolute Gasteiger partial charge is 0.279 e. The van der Waals surface area contributed by atoms with E-state index in [1.54, 1.807) is 37.3 Å². The summed E-state index contributed by atoms with van der Waals surface area (Å²) in [4.78, 5) is -0.290. The van der Waals surface area contributed by atoms with Crippen molar-refractivity contribution in [3.05, 3.63) is 64.0 Å². The van der Waals surface area contributed by atoms with Gasteiger partial charge in [-0.1, -0.05) is 29.8 Å². The summed E-state index contributed by atoms with van der Waals surface area (Å²) in [6.07, 6.45) is 1.35. The van der Waals surface area contributed by atoms with Crippen LogP contribution >= 0.6 is 11.6 Å². The van der Waals surface area contributed by atoms with Crippen LogP contribution in [0.2, 0.25) is 5.02 Å². The zero-order chi connectivity index (χ0) is 18.0. The maximum Gasteiger partial charge on any atom is 0.255 e. The molecule has 2 rings (SSSR count). The van der Waals surface area contributed by atoms with Gasteiger partial charge in [0.1, 0.15) is 4.90 Å². The molecule has 0 spiro atoms. The predicted octanol–water partition coefficient (Wildman–Crippen LogP) is 2.71. The minimum Gasteiger partial charge on any atom is -0.279 e. The van der Waals surface area contributed by atoms with E-state index in [9.17, 15) is 16.8 Å². The van der Waals surface area contributed by atoms with Gasteiger partial charge >= 0.3 is 0 Å². The molecule has 0 atom stereocenters. The SMILES string of the molecule is Cc1ccc(NS(=O)(=O)C=Cc2cccc(Cl)c2)c(S(N)(=O)=O)c1. The lowest BCUT2D eigenvalue weighted by atomic mass is 10.2. The van der Waals surface area contributed by atoms with Crippen molar-refractivity contribution in [2.75, 3.05) is 4.72 Å². The Morgan fingerprint density at radius 2 is 1.79 bits per heavy atom. The average Bonchev–Trinajstić information content (AvgIpc) is 2.46. The Kier molecular flexibility index (Phi) is 5.34. The van der Waals surface area contributed by atoms with Crippen LogP contribution in [0.4, 0.5) is 5.69 Å². The second kappa shape index (κ2) is 6.94. The first kappa shape index (κ1) is 18.5. The van der Waals surface area contributed by atoms with Gasteiger partial charge < -0.3 is 0 Å². The monoisotopic (exact) mass is 386 g/mol. The van der Waals surface area contributed by atoms with Crippen LogP contribution < -0.4 is 9.86 Å². The number of primary sulfonamides is 1. The molecule has 0 aliphatic rings. The van der Waals surface area contributed by atoms with Crippen molar-refractivity contribution >= 4 is 43.4 Å². The highest BCUT2D eigenvalue weighted by atomic mass is 35.5. The summed E-state index contributed by atoms with van der Waals surface area (Å²) < 4.78 is 49.7. The van der Waals surface area contributed by atoms with E-state index < -0.39 is 20.0 Å². The molecule has 3 N–H and O–H groups in total. The van der Waals surface area contributed by atoms with E-state index in [0.29, 0.717) is 16.1 Å². The van der Waals surface area contributed by atoms with E-state index in [2.05, 4.69) is 4.72 Å². The lowest BCUT2D eigenvalue weighted by molar-refractivity contribution is 0.598. The molecule has 2 aromatic rings. The summed E-state index contributed by atoms with van der Waals surface area (Å²) in [7, 11) is -8.00. The first-order valence-electron chi connectivity index (χ1n) is 6.67. The number of hydrogen-bond acceptors (Lipinski definition) is 4. The zero-order valence-corrected chi connectivity index (χ0v) is 15.0. The van der Waals surface area contributed by atoms with E-state index in [1.807, 2.05) is 0 Å². The van der Waals surface area contributed by atoms with E-state index >= 15 is 0 Å². The molecule has 0 aliphatic carbocycles. The summed E-state index contributed by atoms with van der Waals surface area (Å²) in [6, 6.07) is 10.8. The van der Waals surface area contributed by atoms with Crippen LogP contribution in [0.25, 0.3) is 6.08 Å². The van der Waals surface area contributed by atoms with Gasteiger partial charge in [0, 0.05) is 5.02 Å². The highest BCUT2D eigenvalue weighted by Gasteiger charge is 2.17. The molecule has 0 saturated carbocycles. The summed E-state index contributed by atoms with van der Waals surface area (Å²) in [5.74, 6) is 0. The number of hydrogen-bond donors (Lipinski definition) is 2. The number of nitrogens with one attached hydrogen (secondary N) is 1. The molecule has 0 amide bonds. The summed E-state index contributed by atoms with van der Waals surface area (Å²) >= 11 is 5.83. The smallest absolute Gasteiger partial charge is 0.255 e. The first-order chi connectivity index (χ1) is 11.1. The van der Waals surface area contributed by atoms with Gasteiger partial charge in [-0.2, -0.15) is 0 Å². The molecule has 6 nitrogen and oxygen atoms in total. The van der Waals surface area contributed by atoms with E-state index in [0.717, 1.165) is 5.41 Å². The number of rotatable bonds is 5. The molecular formula is C15H15ClN2O4S2. The minimum atomic E-state index is -4.07. The Labute approximate surface area is 146 Å². The van der Waals surface area contributed by atoms with Crippen molar-refractivity contribution in [1.82, 2.24) is 0 Å². The number of aryl methyl sites for hydroxylation is 1. The van der Waals surface area contributed by atoms with Gasteiger partial charge in [0.25, 0.3) is 10.0 Å². The fraction of sp³-hybridized carbons (Fsp3) is 0.0667. The second-order valence-corrected chi connectivity index (χ2v) is 8.58. The van der Waals surface area contributed by atoms with Crippen molar-refractivity contribution in [2.45, 2.75) is 11.8 Å². The summed E-state index contributed by atoms with van der Waals surface area (Å²) in [6.45, 7) is 1.67. The number of halogens is 1. The van der Waals surface area contributed by atoms with Crippen LogP contribution in [0.5, 0.6) is 0 Å². The van der Waals surface area contributed by atoms with E-state index in [4.69, 9.17) is 16.7 Å². The van der Waals surface area contributed by atoms with Gasteiger partial charge in [-0.25, -0.2) is 22.0 Å². The fourth-order valence-electron chi connectivity index (χ4n) is 1.91. The molecule has 0 fully saturated rings. The Morgan fingerprint density at radius 3 is 2.42 bits per heavy atom. The third kappa shape index (κ3) is 5.07. The third-order valence-electron chi connectivity index (χ3n) is 2.98. The fourth-order valence-corrected chi connectivity index (χ4v) is 3.84. The van der Waals surface area contributed by atoms with Crippen molar-refractivity contribution < 1.29 is 16.8 Å². The van der Waals surface area contributed by atoms with Crippen LogP contribution in [0.15, 0.2) is 52.8 Å². The standard InChI is InChI=1S/C15H15ClN2O4S2/c1-11-5-6-14(15(9-11)24(17,21)22)18-23(19,20)8-7-12-3-2-4-13(16)10-12/h2-10,18H,1H3,(H2,17,21,22). The molecule has 0 aromatic heterocycles. The normalized spacial score (nSPS) is 12.5. The van der Waals surface area contributed by atoms with Gasteiger partial charge in [0.15, 0.2) is 0 Å². The van der Waals surface area contributed by atoms with Crippen molar-refractivity contribution in [3.63, 3.8) is 0 Å². The van der Waals surface area contributed by atoms with Gasteiger partial charge in [-0.05, 0) is 48.4 Å². The summed E-state index contributed by atoms with van der Waals surface area (Å²) in [5.41, 5.74) is 1.11. The van der Waals surface area contributed by atoms with Crippen LogP contribution in [0, 0.1) is 6.92 Å². The Morgan fingerprint density at radius 1 is 1.08 bits per heavy atom. The number of anilines is 1. The number of benzene rings is 2. The predicted molar refractivity (Wildman–Crippen MR) is 95.6 cm³/mol. The molecule has 0 aliphatic heterocycles. The Bertz CT molecular complexity index is 1000. The van der Waals surface area contributed by atoms with Crippen LogP contribution in [-0.2, 0) is 20.0 Å². The molecular weight excluding hydrogens is 372 g/mol. The Balaban J connectivity index is 2.33. The molecule has 0 bridgehead atoms. The van der Waals surface area contributed by atoms with Crippen molar-refractivity contribution in [3.8, 4) is 0 Å². The number of sulfonamides is 2. The van der Waals surface area contributed by atoms with Crippen LogP contribution in [0.1, 0.15) is 11.1 Å². The lowest BCUT2D eigenvalue weighted by Crippen LogP contribution is -2.17. The highest BCUT2D eigenvalue weighted by Crippen LogP contribution is 2.23. The molecule has 2 aromatic carbocycles. The molecule has 0 radical (unpaired) electrons. The molecule has 9 heteroatoms. The second-order valence-electron chi connectivity index (χ2n) is 5.05. The van der Waals surface area contributed by atoms with Crippen LogP contribution in [0.3, 0.4) is 0 Å². The molecule has 0 heterocycles. The minimum absolute atomic E-state index is 0.112. The van der Waals surface area contributed by atoms with Gasteiger partial charge in [0.05, 0.1) is 11.1 Å². The number of nitrogens with two attached hydrogens (primary N) is 1. The van der Waals surface area contributed by atoms with E-state index in [1.165, 1.54) is 18.2 Å². The van der Waals surface area contributed by atoms with Crippen LogP contribution in [-0.4, -0.2) is 16.8 Å². The summed E-state index contributed by atoms with van der Waals surface area (Å²) in [5, 5.41) is 6.52. The molecule has 128 valence electrons. The maximum absolute atomic E-state index is 12.2. The van der Waals surface area contributed by atoms with Crippen molar-refractivity contribution in [1.29, 1.82) is 0 Å². The van der Waals surface area contributed by atoms with E-state index in [-0.39, 0.29) is 10.6 Å². The molecule has 24 heavy (non-hydrogen) atoms. The van der Waals surface area contributed by atoms with Gasteiger partial charge in [-0.15, -0.1) is 0 Å². The van der Waals surface area contributed by atoms with Crippen molar-refractivity contribution in [2.24, 2.45) is 5.14 Å². The quantitative estimate of drug-likeness (QED) is 0.823. The first-order valence-corrected chi connectivity index (χ1v) is 10.1. The zero-order valence-electron chi connectivity index (χ0n) is 12.6. The van der Waals surface area contributed by atoms with Gasteiger partial charge in [0.2, 0.25) is 10.0 Å². The topological polar surface area (TPSA) is 106 Å². The maximum atomic E-state index is 12.2. The highest BCUT2D eigenvalue weighted by molar-refractivity contribution is 7.95. The molecule has 0 unspecified atom stereocenters. The lowest BCUT2D eigenvalue weighted by Gasteiger charge is -2.10. The average molecular weight is 387 g/mol. The molecule has 0 saturated heterocycles. The third-order valence-corrected chi connectivity index (χ3v) is 5.17. The Hall–Kier alpha value is -1.87. The van der Waals surface area contributed by atoms with Gasteiger partial charge in [-0.3, -0.25) is 4.72 Å².